The number of carbonyl (C=O) groups is 1. The first-order valence-corrected chi connectivity index (χ1v) is 5.70. The van der Waals surface area contributed by atoms with Crippen molar-refractivity contribution in [1.82, 2.24) is 5.32 Å². The highest BCUT2D eigenvalue weighted by Gasteiger charge is 2.04. The predicted molar refractivity (Wildman–Crippen MR) is 68.0 cm³/mol. The summed E-state index contributed by atoms with van der Waals surface area (Å²) in [5.41, 5.74) is 1.83. The summed E-state index contributed by atoms with van der Waals surface area (Å²) >= 11 is 0. The molecule has 0 aromatic heterocycles. The van der Waals surface area contributed by atoms with E-state index >= 15 is 0 Å². The molecule has 0 heterocycles. The van der Waals surface area contributed by atoms with Crippen molar-refractivity contribution < 1.29 is 4.79 Å². The lowest BCUT2D eigenvalue weighted by atomic mass is 10.2. The number of hydrogen-bond donors (Lipinski definition) is 1. The molecular weight excluding hydrogens is 200 g/mol. The summed E-state index contributed by atoms with van der Waals surface area (Å²) in [5.74, 6) is 0.0127. The van der Waals surface area contributed by atoms with Gasteiger partial charge in [0, 0.05) is 31.9 Å². The van der Waals surface area contributed by atoms with Crippen LogP contribution < -0.4 is 10.2 Å². The van der Waals surface area contributed by atoms with Gasteiger partial charge in [-0.05, 0) is 30.7 Å². The SMILES string of the molecule is CCCCNC(=O)c1ccc(N(C)C)cc1. The van der Waals surface area contributed by atoms with Crippen LogP contribution in [0.4, 0.5) is 5.69 Å². The molecule has 1 aromatic rings. The Morgan fingerprint density at radius 1 is 1.25 bits per heavy atom. The van der Waals surface area contributed by atoms with Gasteiger partial charge in [0.1, 0.15) is 0 Å². The first-order chi connectivity index (χ1) is 7.65. The maximum Gasteiger partial charge on any atom is 0.251 e. The van der Waals surface area contributed by atoms with Gasteiger partial charge in [-0.25, -0.2) is 0 Å². The number of rotatable bonds is 5. The molecule has 0 bridgehead atoms. The molecule has 0 saturated carbocycles. The number of nitrogens with zero attached hydrogens (tertiary/aromatic N) is 1. The van der Waals surface area contributed by atoms with Gasteiger partial charge in [0.05, 0.1) is 0 Å². The molecular formula is C13H20N2O. The van der Waals surface area contributed by atoms with Crippen LogP contribution >= 0.6 is 0 Å². The van der Waals surface area contributed by atoms with Crippen LogP contribution in [0.3, 0.4) is 0 Å². The lowest BCUT2D eigenvalue weighted by molar-refractivity contribution is 0.0953. The van der Waals surface area contributed by atoms with E-state index in [2.05, 4.69) is 12.2 Å². The van der Waals surface area contributed by atoms with E-state index in [1.165, 1.54) is 0 Å². The third kappa shape index (κ3) is 3.57. The lowest BCUT2D eigenvalue weighted by Crippen LogP contribution is -2.24. The second kappa shape index (κ2) is 6.16. The molecule has 16 heavy (non-hydrogen) atoms. The molecule has 3 heteroatoms. The van der Waals surface area contributed by atoms with Gasteiger partial charge in [0.25, 0.3) is 5.91 Å². The van der Waals surface area contributed by atoms with E-state index in [-0.39, 0.29) is 5.91 Å². The molecule has 0 radical (unpaired) electrons. The quantitative estimate of drug-likeness (QED) is 0.772. The number of nitrogens with one attached hydrogen (secondary N) is 1. The molecule has 1 aromatic carbocycles. The van der Waals surface area contributed by atoms with Crippen LogP contribution in [0.1, 0.15) is 30.1 Å². The Hall–Kier alpha value is -1.51. The van der Waals surface area contributed by atoms with Crippen molar-refractivity contribution >= 4 is 11.6 Å². The Morgan fingerprint density at radius 3 is 2.38 bits per heavy atom. The molecule has 0 saturated heterocycles. The van der Waals surface area contributed by atoms with Crippen molar-refractivity contribution in [2.75, 3.05) is 25.5 Å². The predicted octanol–water partition coefficient (Wildman–Crippen LogP) is 2.28. The van der Waals surface area contributed by atoms with Crippen LogP contribution in [-0.4, -0.2) is 26.5 Å². The monoisotopic (exact) mass is 220 g/mol. The van der Waals surface area contributed by atoms with Gasteiger partial charge in [0.15, 0.2) is 0 Å². The second-order valence-corrected chi connectivity index (χ2v) is 4.05. The van der Waals surface area contributed by atoms with Crippen LogP contribution in [0.2, 0.25) is 0 Å². The fourth-order valence-corrected chi connectivity index (χ4v) is 1.39. The average Bonchev–Trinajstić information content (AvgIpc) is 2.29. The molecule has 0 atom stereocenters. The van der Waals surface area contributed by atoms with E-state index in [4.69, 9.17) is 0 Å². The minimum absolute atomic E-state index is 0.0127. The highest BCUT2D eigenvalue weighted by Crippen LogP contribution is 2.11. The summed E-state index contributed by atoms with van der Waals surface area (Å²) < 4.78 is 0. The zero-order valence-electron chi connectivity index (χ0n) is 10.3. The summed E-state index contributed by atoms with van der Waals surface area (Å²) in [7, 11) is 3.96. The third-order valence-corrected chi connectivity index (χ3v) is 2.46. The summed E-state index contributed by atoms with van der Waals surface area (Å²) in [6, 6.07) is 7.62. The van der Waals surface area contributed by atoms with E-state index in [0.717, 1.165) is 30.6 Å². The number of anilines is 1. The van der Waals surface area contributed by atoms with Gasteiger partial charge in [-0.3, -0.25) is 4.79 Å². The molecule has 0 unspecified atom stereocenters. The minimum Gasteiger partial charge on any atom is -0.378 e. The van der Waals surface area contributed by atoms with Crippen LogP contribution in [0.15, 0.2) is 24.3 Å². The van der Waals surface area contributed by atoms with Gasteiger partial charge in [-0.2, -0.15) is 0 Å². The topological polar surface area (TPSA) is 32.3 Å². The average molecular weight is 220 g/mol. The number of hydrogen-bond acceptors (Lipinski definition) is 2. The van der Waals surface area contributed by atoms with E-state index in [1.54, 1.807) is 0 Å². The van der Waals surface area contributed by atoms with Crippen molar-refractivity contribution in [1.29, 1.82) is 0 Å². The van der Waals surface area contributed by atoms with Crippen molar-refractivity contribution in [3.05, 3.63) is 29.8 Å². The van der Waals surface area contributed by atoms with Gasteiger partial charge < -0.3 is 10.2 Å². The summed E-state index contributed by atoms with van der Waals surface area (Å²) in [5, 5.41) is 2.90. The van der Waals surface area contributed by atoms with E-state index < -0.39 is 0 Å². The van der Waals surface area contributed by atoms with Crippen molar-refractivity contribution in [3.63, 3.8) is 0 Å². The molecule has 1 rings (SSSR count). The van der Waals surface area contributed by atoms with Crippen LogP contribution in [-0.2, 0) is 0 Å². The lowest BCUT2D eigenvalue weighted by Gasteiger charge is -2.12. The van der Waals surface area contributed by atoms with Crippen molar-refractivity contribution in [2.24, 2.45) is 0 Å². The fraction of sp³-hybridized carbons (Fsp3) is 0.462. The summed E-state index contributed by atoms with van der Waals surface area (Å²) in [6.07, 6.45) is 2.13. The first kappa shape index (κ1) is 12.6. The second-order valence-electron chi connectivity index (χ2n) is 4.05. The number of benzene rings is 1. The van der Waals surface area contributed by atoms with Crippen LogP contribution in [0, 0.1) is 0 Å². The molecule has 1 amide bonds. The van der Waals surface area contributed by atoms with Crippen molar-refractivity contribution in [3.8, 4) is 0 Å². The maximum absolute atomic E-state index is 11.7. The molecule has 0 aliphatic heterocycles. The van der Waals surface area contributed by atoms with Gasteiger partial charge >= 0.3 is 0 Å². The minimum atomic E-state index is 0.0127. The van der Waals surface area contributed by atoms with Gasteiger partial charge in [-0.15, -0.1) is 0 Å². The number of carbonyl (C=O) groups excluding carboxylic acids is 1. The Labute approximate surface area is 97.5 Å². The fourth-order valence-electron chi connectivity index (χ4n) is 1.39. The molecule has 3 nitrogen and oxygen atoms in total. The summed E-state index contributed by atoms with van der Waals surface area (Å²) in [6.45, 7) is 2.86. The van der Waals surface area contributed by atoms with Gasteiger partial charge in [-0.1, -0.05) is 13.3 Å². The first-order valence-electron chi connectivity index (χ1n) is 5.70. The van der Waals surface area contributed by atoms with Crippen LogP contribution in [0.5, 0.6) is 0 Å². The van der Waals surface area contributed by atoms with E-state index in [1.807, 2.05) is 43.3 Å². The smallest absolute Gasteiger partial charge is 0.251 e. The Kier molecular flexibility index (Phi) is 4.83. The van der Waals surface area contributed by atoms with Gasteiger partial charge in [0.2, 0.25) is 0 Å². The number of amides is 1. The van der Waals surface area contributed by atoms with Crippen LogP contribution in [0.25, 0.3) is 0 Å². The normalized spacial score (nSPS) is 9.94. The van der Waals surface area contributed by atoms with E-state index in [0.29, 0.717) is 0 Å². The van der Waals surface area contributed by atoms with E-state index in [9.17, 15) is 4.79 Å². The molecule has 0 aliphatic carbocycles. The zero-order chi connectivity index (χ0) is 12.0. The Bertz CT molecular complexity index is 330. The Morgan fingerprint density at radius 2 is 1.88 bits per heavy atom. The zero-order valence-corrected chi connectivity index (χ0v) is 10.3. The third-order valence-electron chi connectivity index (χ3n) is 2.46. The molecule has 0 fully saturated rings. The highest BCUT2D eigenvalue weighted by molar-refractivity contribution is 5.94. The molecule has 1 N–H and O–H groups in total. The molecule has 88 valence electrons. The van der Waals surface area contributed by atoms with Crippen molar-refractivity contribution in [2.45, 2.75) is 19.8 Å². The number of unbranched alkanes of at least 4 members (excludes halogenated alkanes) is 1. The maximum atomic E-state index is 11.7. The summed E-state index contributed by atoms with van der Waals surface area (Å²) in [4.78, 5) is 13.7. The largest absolute Gasteiger partial charge is 0.378 e. The highest BCUT2D eigenvalue weighted by atomic mass is 16.1. The standard InChI is InChI=1S/C13H20N2O/c1-4-5-10-14-13(16)11-6-8-12(9-7-11)15(2)3/h6-9H,4-5,10H2,1-3H3,(H,14,16). The Balaban J connectivity index is 2.56. The molecule has 0 spiro atoms. The molecule has 0 aliphatic rings.